The third-order valence-corrected chi connectivity index (χ3v) is 3.60. The molecule has 1 heterocycles. The Balaban J connectivity index is 2.05. The Morgan fingerprint density at radius 1 is 1.33 bits per heavy atom. The molecule has 2 aromatic rings. The number of benzene rings is 1. The van der Waals surface area contributed by atoms with E-state index in [1.807, 2.05) is 29.2 Å². The molecule has 0 spiro atoms. The van der Waals surface area contributed by atoms with E-state index in [1.54, 1.807) is 7.11 Å². The highest BCUT2D eigenvalue weighted by atomic mass is 35.5. The molecule has 0 aliphatic rings. The van der Waals surface area contributed by atoms with Gasteiger partial charge in [-0.25, -0.2) is 0 Å². The van der Waals surface area contributed by atoms with Gasteiger partial charge >= 0.3 is 0 Å². The zero-order valence-corrected chi connectivity index (χ0v) is 13.3. The molecule has 0 aliphatic carbocycles. The van der Waals surface area contributed by atoms with Crippen LogP contribution in [0.3, 0.4) is 0 Å². The number of hydrogen-bond acceptors (Lipinski definition) is 3. The highest BCUT2D eigenvalue weighted by molar-refractivity contribution is 6.30. The Bertz CT molecular complexity index is 539. The Morgan fingerprint density at radius 3 is 2.76 bits per heavy atom. The molecule has 21 heavy (non-hydrogen) atoms. The zero-order valence-electron chi connectivity index (χ0n) is 12.6. The summed E-state index contributed by atoms with van der Waals surface area (Å²) in [5.74, 6) is 0. The lowest BCUT2D eigenvalue weighted by Gasteiger charge is -2.18. The molecule has 0 aliphatic heterocycles. The van der Waals surface area contributed by atoms with E-state index in [4.69, 9.17) is 16.3 Å². The van der Waals surface area contributed by atoms with Crippen LogP contribution in [0.4, 0.5) is 5.69 Å². The summed E-state index contributed by atoms with van der Waals surface area (Å²) in [4.78, 5) is 0. The average Bonchev–Trinajstić information content (AvgIpc) is 2.93. The van der Waals surface area contributed by atoms with Crippen molar-refractivity contribution in [3.05, 3.63) is 47.2 Å². The molecule has 0 amide bonds. The molecular weight excluding hydrogens is 286 g/mol. The summed E-state index contributed by atoms with van der Waals surface area (Å²) >= 11 is 5.96. The van der Waals surface area contributed by atoms with Gasteiger partial charge in [0.25, 0.3) is 0 Å². The second-order valence-corrected chi connectivity index (χ2v) is 5.46. The number of anilines is 1. The van der Waals surface area contributed by atoms with Gasteiger partial charge in [0.2, 0.25) is 0 Å². The van der Waals surface area contributed by atoms with Crippen molar-refractivity contribution in [3.63, 3.8) is 0 Å². The van der Waals surface area contributed by atoms with Crippen LogP contribution in [0.5, 0.6) is 0 Å². The third kappa shape index (κ3) is 4.76. The Hall–Kier alpha value is -1.52. The van der Waals surface area contributed by atoms with Gasteiger partial charge in [-0.1, -0.05) is 37.1 Å². The summed E-state index contributed by atoms with van der Waals surface area (Å²) in [7, 11) is 1.69. The summed E-state index contributed by atoms with van der Waals surface area (Å²) in [5.41, 5.74) is 2.27. The van der Waals surface area contributed by atoms with E-state index in [1.165, 1.54) is 5.56 Å². The topological polar surface area (TPSA) is 39.1 Å². The lowest BCUT2D eigenvalue weighted by atomic mass is 10.0. The number of rotatable bonds is 8. The lowest BCUT2D eigenvalue weighted by molar-refractivity contribution is 0.183. The molecule has 4 nitrogen and oxygen atoms in total. The monoisotopic (exact) mass is 307 g/mol. The molecule has 1 atom stereocenters. The average molecular weight is 308 g/mol. The fourth-order valence-corrected chi connectivity index (χ4v) is 2.38. The molecule has 2 rings (SSSR count). The van der Waals surface area contributed by atoms with Gasteiger partial charge in [-0.3, -0.25) is 4.68 Å². The number of ether oxygens (including phenoxy) is 1. The fourth-order valence-electron chi connectivity index (χ4n) is 2.25. The Kier molecular flexibility index (Phi) is 6.08. The predicted octanol–water partition coefficient (Wildman–Crippen LogP) is 4.14. The van der Waals surface area contributed by atoms with Crippen molar-refractivity contribution >= 4 is 17.3 Å². The zero-order chi connectivity index (χ0) is 15.1. The number of nitrogens with one attached hydrogen (secondary N) is 1. The molecule has 1 aromatic carbocycles. The Morgan fingerprint density at radius 2 is 2.10 bits per heavy atom. The molecule has 1 unspecified atom stereocenters. The smallest absolute Gasteiger partial charge is 0.0731 e. The summed E-state index contributed by atoms with van der Waals surface area (Å²) in [6.45, 7) is 3.61. The molecule has 0 bridgehead atoms. The number of aromatic nitrogens is 2. The van der Waals surface area contributed by atoms with Gasteiger partial charge in [-0.2, -0.15) is 5.10 Å². The van der Waals surface area contributed by atoms with E-state index in [0.717, 1.165) is 30.1 Å². The van der Waals surface area contributed by atoms with Gasteiger partial charge in [0.05, 0.1) is 31.1 Å². The molecule has 5 heteroatoms. The van der Waals surface area contributed by atoms with Gasteiger partial charge < -0.3 is 10.1 Å². The molecule has 114 valence electrons. The van der Waals surface area contributed by atoms with Crippen molar-refractivity contribution < 1.29 is 4.74 Å². The van der Waals surface area contributed by atoms with Crippen molar-refractivity contribution in [1.29, 1.82) is 0 Å². The van der Waals surface area contributed by atoms with Crippen molar-refractivity contribution in [2.24, 2.45) is 0 Å². The first-order valence-corrected chi connectivity index (χ1v) is 7.64. The number of halogens is 1. The van der Waals surface area contributed by atoms with Crippen LogP contribution in [0.1, 0.15) is 31.4 Å². The second-order valence-electron chi connectivity index (χ2n) is 5.02. The van der Waals surface area contributed by atoms with Crippen LogP contribution in [-0.4, -0.2) is 23.5 Å². The number of methoxy groups -OCH3 is 1. The molecule has 1 aromatic heterocycles. The van der Waals surface area contributed by atoms with E-state index >= 15 is 0 Å². The standard InChI is InChI=1S/C16H22ClN3O/c1-3-4-16(13-5-7-14(17)8-6-13)19-15-11-18-20(12-15)9-10-21-2/h5-8,11-12,16,19H,3-4,9-10H2,1-2H3. The van der Waals surface area contributed by atoms with Crippen LogP contribution in [0.2, 0.25) is 5.02 Å². The minimum Gasteiger partial charge on any atom is -0.383 e. The first kappa shape index (κ1) is 15.9. The number of hydrogen-bond donors (Lipinski definition) is 1. The minimum atomic E-state index is 0.271. The van der Waals surface area contributed by atoms with Gasteiger partial charge in [0, 0.05) is 18.3 Å². The van der Waals surface area contributed by atoms with Crippen LogP contribution in [-0.2, 0) is 11.3 Å². The van der Waals surface area contributed by atoms with E-state index in [-0.39, 0.29) is 6.04 Å². The van der Waals surface area contributed by atoms with E-state index < -0.39 is 0 Å². The fraction of sp³-hybridized carbons (Fsp3) is 0.438. The van der Waals surface area contributed by atoms with Gasteiger partial charge in [0.15, 0.2) is 0 Å². The first-order chi connectivity index (χ1) is 10.2. The third-order valence-electron chi connectivity index (χ3n) is 3.35. The van der Waals surface area contributed by atoms with Crippen molar-refractivity contribution in [2.75, 3.05) is 19.0 Å². The molecule has 1 N–H and O–H groups in total. The van der Waals surface area contributed by atoms with Gasteiger partial charge in [0.1, 0.15) is 0 Å². The molecule has 0 saturated heterocycles. The summed E-state index contributed by atoms with van der Waals surface area (Å²) < 4.78 is 6.95. The summed E-state index contributed by atoms with van der Waals surface area (Å²) in [6, 6.07) is 8.29. The van der Waals surface area contributed by atoms with E-state index in [9.17, 15) is 0 Å². The van der Waals surface area contributed by atoms with E-state index in [0.29, 0.717) is 6.61 Å². The normalized spacial score (nSPS) is 12.3. The van der Waals surface area contributed by atoms with Crippen molar-refractivity contribution in [3.8, 4) is 0 Å². The maximum Gasteiger partial charge on any atom is 0.0731 e. The quantitative estimate of drug-likeness (QED) is 0.797. The molecule has 0 fully saturated rings. The van der Waals surface area contributed by atoms with Crippen LogP contribution < -0.4 is 5.32 Å². The largest absolute Gasteiger partial charge is 0.383 e. The van der Waals surface area contributed by atoms with Gasteiger partial charge in [-0.05, 0) is 24.1 Å². The lowest BCUT2D eigenvalue weighted by Crippen LogP contribution is -2.10. The first-order valence-electron chi connectivity index (χ1n) is 7.26. The van der Waals surface area contributed by atoms with Crippen LogP contribution >= 0.6 is 11.6 Å². The second kappa shape index (κ2) is 8.05. The molecule has 0 saturated carbocycles. The predicted molar refractivity (Wildman–Crippen MR) is 86.8 cm³/mol. The SMILES string of the molecule is CCCC(Nc1cnn(CCOC)c1)c1ccc(Cl)cc1. The van der Waals surface area contributed by atoms with Crippen LogP contribution in [0, 0.1) is 0 Å². The Labute approximate surface area is 131 Å². The van der Waals surface area contributed by atoms with Crippen LogP contribution in [0.15, 0.2) is 36.7 Å². The van der Waals surface area contributed by atoms with Crippen molar-refractivity contribution in [2.45, 2.75) is 32.4 Å². The minimum absolute atomic E-state index is 0.271. The van der Waals surface area contributed by atoms with Crippen molar-refractivity contribution in [1.82, 2.24) is 9.78 Å². The summed E-state index contributed by atoms with van der Waals surface area (Å²) in [6.07, 6.45) is 6.04. The summed E-state index contributed by atoms with van der Waals surface area (Å²) in [5, 5.41) is 8.64. The molecular formula is C16H22ClN3O. The molecule has 0 radical (unpaired) electrons. The maximum atomic E-state index is 5.96. The van der Waals surface area contributed by atoms with Gasteiger partial charge in [-0.15, -0.1) is 0 Å². The van der Waals surface area contributed by atoms with E-state index in [2.05, 4.69) is 29.5 Å². The van der Waals surface area contributed by atoms with Crippen LogP contribution in [0.25, 0.3) is 0 Å². The number of nitrogens with zero attached hydrogens (tertiary/aromatic N) is 2. The highest BCUT2D eigenvalue weighted by Gasteiger charge is 2.11. The maximum absolute atomic E-state index is 5.96. The highest BCUT2D eigenvalue weighted by Crippen LogP contribution is 2.25.